The fourth-order valence-corrected chi connectivity index (χ4v) is 3.23. The number of nitrogens with zero attached hydrogens (tertiary/aromatic N) is 1. The molecule has 0 aliphatic rings. The number of hydrogen-bond acceptors (Lipinski definition) is 5. The van der Waals surface area contributed by atoms with Crippen LogP contribution in [0, 0.1) is 0 Å². The van der Waals surface area contributed by atoms with Crippen LogP contribution in [0.25, 0.3) is 10.6 Å². The maximum atomic E-state index is 12.3. The van der Waals surface area contributed by atoms with Gasteiger partial charge in [-0.2, -0.15) is 0 Å². The Labute approximate surface area is 149 Å². The van der Waals surface area contributed by atoms with E-state index in [1.54, 1.807) is 12.5 Å². The zero-order chi connectivity index (χ0) is 17.1. The van der Waals surface area contributed by atoms with Gasteiger partial charge in [0.05, 0.1) is 12.7 Å². The van der Waals surface area contributed by atoms with Crippen molar-refractivity contribution in [2.45, 2.75) is 0 Å². The average molecular weight is 406 g/mol. The Bertz CT molecular complexity index is 951. The number of para-hydroxylation sites is 1. The lowest BCUT2D eigenvalue weighted by Crippen LogP contribution is -2.19. The lowest BCUT2D eigenvalue weighted by molar-refractivity contribution is 0.102. The minimum absolute atomic E-state index is 0.154. The SMILES string of the molecule is COc1ccccc1-c1nc(C(=O)Nc2cc(Br)c[nH]c2=O)cs1. The van der Waals surface area contributed by atoms with Gasteiger partial charge in [-0.3, -0.25) is 9.59 Å². The summed E-state index contributed by atoms with van der Waals surface area (Å²) in [5.74, 6) is 0.234. The van der Waals surface area contributed by atoms with E-state index in [2.05, 4.69) is 31.2 Å². The van der Waals surface area contributed by atoms with Crippen LogP contribution in [-0.4, -0.2) is 23.0 Å². The predicted molar refractivity (Wildman–Crippen MR) is 96.8 cm³/mol. The van der Waals surface area contributed by atoms with E-state index in [0.717, 1.165) is 5.56 Å². The molecule has 0 saturated carbocycles. The monoisotopic (exact) mass is 405 g/mol. The van der Waals surface area contributed by atoms with E-state index < -0.39 is 5.91 Å². The molecule has 0 aliphatic heterocycles. The molecule has 8 heteroatoms. The van der Waals surface area contributed by atoms with Gasteiger partial charge >= 0.3 is 0 Å². The van der Waals surface area contributed by atoms with Gasteiger partial charge in [-0.05, 0) is 34.1 Å². The van der Waals surface area contributed by atoms with Gasteiger partial charge in [-0.15, -0.1) is 11.3 Å². The number of ether oxygens (including phenoxy) is 1. The van der Waals surface area contributed by atoms with E-state index >= 15 is 0 Å². The molecule has 1 amide bonds. The predicted octanol–water partition coefficient (Wildman–Crippen LogP) is 3.52. The average Bonchev–Trinajstić information content (AvgIpc) is 3.08. The normalized spacial score (nSPS) is 10.4. The van der Waals surface area contributed by atoms with Crippen molar-refractivity contribution in [3.63, 3.8) is 0 Å². The van der Waals surface area contributed by atoms with E-state index in [-0.39, 0.29) is 16.9 Å². The van der Waals surface area contributed by atoms with Crippen LogP contribution >= 0.6 is 27.3 Å². The van der Waals surface area contributed by atoms with Crippen molar-refractivity contribution in [3.8, 4) is 16.3 Å². The molecule has 122 valence electrons. The van der Waals surface area contributed by atoms with Gasteiger partial charge in [0.15, 0.2) is 0 Å². The molecule has 0 saturated heterocycles. The van der Waals surface area contributed by atoms with E-state index in [9.17, 15) is 9.59 Å². The van der Waals surface area contributed by atoms with Crippen molar-refractivity contribution in [3.05, 3.63) is 62.4 Å². The Hall–Kier alpha value is -2.45. The standard InChI is InChI=1S/C16H12BrN3O3S/c1-23-13-5-3-2-4-10(13)16-20-12(8-24-16)15(22)19-11-6-9(17)7-18-14(11)21/h2-8H,1H3,(H,18,21)(H,19,22). The molecule has 0 atom stereocenters. The minimum atomic E-state index is -0.448. The second-order valence-corrected chi connectivity index (χ2v) is 6.53. The van der Waals surface area contributed by atoms with E-state index in [0.29, 0.717) is 15.2 Å². The summed E-state index contributed by atoms with van der Waals surface area (Å²) in [5, 5.41) is 4.87. The summed E-state index contributed by atoms with van der Waals surface area (Å²) in [6, 6.07) is 8.98. The first kappa shape index (κ1) is 16.4. The molecule has 2 aromatic heterocycles. The van der Waals surface area contributed by atoms with Gasteiger partial charge in [0.1, 0.15) is 22.1 Å². The number of pyridine rings is 1. The third-order valence-electron chi connectivity index (χ3n) is 3.19. The Kier molecular flexibility index (Phi) is 4.77. The molecule has 2 heterocycles. The van der Waals surface area contributed by atoms with Crippen LogP contribution < -0.4 is 15.6 Å². The third-order valence-corrected chi connectivity index (χ3v) is 4.52. The second kappa shape index (κ2) is 6.98. The summed E-state index contributed by atoms with van der Waals surface area (Å²) >= 11 is 4.58. The van der Waals surface area contributed by atoms with Crippen LogP contribution in [0.15, 0.2) is 51.2 Å². The second-order valence-electron chi connectivity index (χ2n) is 4.75. The number of hydrogen-bond donors (Lipinski definition) is 2. The number of aromatic nitrogens is 2. The van der Waals surface area contributed by atoms with Gasteiger partial charge in [-0.25, -0.2) is 4.98 Å². The first-order chi connectivity index (χ1) is 11.6. The molecule has 24 heavy (non-hydrogen) atoms. The summed E-state index contributed by atoms with van der Waals surface area (Å²) in [6.45, 7) is 0. The number of thiazole rings is 1. The lowest BCUT2D eigenvalue weighted by atomic mass is 10.2. The summed E-state index contributed by atoms with van der Waals surface area (Å²) < 4.78 is 5.97. The third kappa shape index (κ3) is 3.39. The number of rotatable bonds is 4. The Morgan fingerprint density at radius 3 is 2.96 bits per heavy atom. The molecule has 6 nitrogen and oxygen atoms in total. The molecular weight excluding hydrogens is 394 g/mol. The number of carbonyl (C=O) groups excluding carboxylic acids is 1. The number of anilines is 1. The molecule has 0 unspecified atom stereocenters. The summed E-state index contributed by atoms with van der Waals surface area (Å²) in [5.41, 5.74) is 0.817. The number of carbonyl (C=O) groups is 1. The van der Waals surface area contributed by atoms with Crippen molar-refractivity contribution < 1.29 is 9.53 Å². The molecular formula is C16H12BrN3O3S. The van der Waals surface area contributed by atoms with E-state index in [1.807, 2.05) is 24.3 Å². The number of nitrogens with one attached hydrogen (secondary N) is 2. The molecule has 3 rings (SSSR count). The first-order valence-corrected chi connectivity index (χ1v) is 8.54. The summed E-state index contributed by atoms with van der Waals surface area (Å²) in [4.78, 5) is 30.9. The van der Waals surface area contributed by atoms with Crippen molar-refractivity contribution >= 4 is 38.9 Å². The first-order valence-electron chi connectivity index (χ1n) is 6.87. The maximum Gasteiger partial charge on any atom is 0.275 e. The number of methoxy groups -OCH3 is 1. The highest BCUT2D eigenvalue weighted by atomic mass is 79.9. The van der Waals surface area contributed by atoms with Crippen molar-refractivity contribution in [2.75, 3.05) is 12.4 Å². The van der Waals surface area contributed by atoms with Crippen LogP contribution in [0.4, 0.5) is 5.69 Å². The Morgan fingerprint density at radius 1 is 1.38 bits per heavy atom. The highest BCUT2D eigenvalue weighted by Gasteiger charge is 2.15. The van der Waals surface area contributed by atoms with Crippen molar-refractivity contribution in [2.24, 2.45) is 0 Å². The highest BCUT2D eigenvalue weighted by Crippen LogP contribution is 2.31. The zero-order valence-electron chi connectivity index (χ0n) is 12.5. The molecule has 0 radical (unpaired) electrons. The number of benzene rings is 1. The quantitative estimate of drug-likeness (QED) is 0.695. The highest BCUT2D eigenvalue weighted by molar-refractivity contribution is 9.10. The van der Waals surface area contributed by atoms with Crippen LogP contribution in [-0.2, 0) is 0 Å². The van der Waals surface area contributed by atoms with Crippen molar-refractivity contribution in [1.29, 1.82) is 0 Å². The van der Waals surface area contributed by atoms with Crippen LogP contribution in [0.1, 0.15) is 10.5 Å². The molecule has 1 aromatic carbocycles. The van der Waals surface area contributed by atoms with E-state index in [1.165, 1.54) is 23.6 Å². The number of amides is 1. The van der Waals surface area contributed by atoms with Gasteiger partial charge in [0.2, 0.25) is 0 Å². The fraction of sp³-hybridized carbons (Fsp3) is 0.0625. The number of H-pyrrole nitrogens is 1. The minimum Gasteiger partial charge on any atom is -0.496 e. The molecule has 0 aliphatic carbocycles. The summed E-state index contributed by atoms with van der Waals surface area (Å²) in [6.07, 6.45) is 1.50. The van der Waals surface area contributed by atoms with Crippen LogP contribution in [0.2, 0.25) is 0 Å². The zero-order valence-corrected chi connectivity index (χ0v) is 14.9. The maximum absolute atomic E-state index is 12.3. The van der Waals surface area contributed by atoms with Crippen LogP contribution in [0.5, 0.6) is 5.75 Å². The van der Waals surface area contributed by atoms with E-state index in [4.69, 9.17) is 4.74 Å². The molecule has 0 spiro atoms. The van der Waals surface area contributed by atoms with Gasteiger partial charge in [-0.1, -0.05) is 12.1 Å². The van der Waals surface area contributed by atoms with Crippen LogP contribution in [0.3, 0.4) is 0 Å². The number of aromatic amines is 1. The Balaban J connectivity index is 1.86. The largest absolute Gasteiger partial charge is 0.496 e. The van der Waals surface area contributed by atoms with Gasteiger partial charge in [0.25, 0.3) is 11.5 Å². The smallest absolute Gasteiger partial charge is 0.275 e. The summed E-state index contributed by atoms with van der Waals surface area (Å²) in [7, 11) is 1.58. The molecule has 0 fully saturated rings. The lowest BCUT2D eigenvalue weighted by Gasteiger charge is -2.05. The fourth-order valence-electron chi connectivity index (χ4n) is 2.06. The van der Waals surface area contributed by atoms with Gasteiger partial charge < -0.3 is 15.0 Å². The molecule has 2 N–H and O–H groups in total. The number of halogens is 1. The molecule has 0 bridgehead atoms. The van der Waals surface area contributed by atoms with Crippen molar-refractivity contribution in [1.82, 2.24) is 9.97 Å². The van der Waals surface area contributed by atoms with Gasteiger partial charge in [0, 0.05) is 16.0 Å². The Morgan fingerprint density at radius 2 is 2.17 bits per heavy atom. The topological polar surface area (TPSA) is 84.1 Å². The molecule has 3 aromatic rings.